The van der Waals surface area contributed by atoms with E-state index in [1.165, 1.54) is 12.8 Å². The number of rotatable bonds is 8. The Morgan fingerprint density at radius 1 is 1.09 bits per heavy atom. The van der Waals surface area contributed by atoms with Crippen LogP contribution in [0.4, 0.5) is 5.69 Å². The Morgan fingerprint density at radius 2 is 1.82 bits per heavy atom. The Hall–Kier alpha value is -3.14. The molecule has 0 aromatic heterocycles. The van der Waals surface area contributed by atoms with E-state index in [0.717, 1.165) is 50.4 Å². The molecule has 0 bridgehead atoms. The van der Waals surface area contributed by atoms with Crippen LogP contribution < -0.4 is 15.1 Å². The van der Waals surface area contributed by atoms with Crippen molar-refractivity contribution in [3.8, 4) is 11.5 Å². The van der Waals surface area contributed by atoms with E-state index in [0.29, 0.717) is 32.1 Å². The van der Waals surface area contributed by atoms with Crippen LogP contribution in [0.2, 0.25) is 0 Å². The van der Waals surface area contributed by atoms with Gasteiger partial charge < -0.3 is 19.5 Å². The number of phenolic OH excluding ortho intramolecular Hbond substituents is 1. The van der Waals surface area contributed by atoms with Gasteiger partial charge in [-0.25, -0.2) is 5.43 Å². The van der Waals surface area contributed by atoms with E-state index >= 15 is 0 Å². The van der Waals surface area contributed by atoms with Gasteiger partial charge in [0, 0.05) is 57.1 Å². The van der Waals surface area contributed by atoms with Crippen molar-refractivity contribution in [1.29, 1.82) is 0 Å². The highest BCUT2D eigenvalue weighted by Crippen LogP contribution is 2.32. The van der Waals surface area contributed by atoms with Gasteiger partial charge >= 0.3 is 0 Å². The molecule has 0 atom stereocenters. The maximum absolute atomic E-state index is 12.2. The number of phenols is 1. The first-order valence-corrected chi connectivity index (χ1v) is 11.7. The first kappa shape index (κ1) is 24.0. The van der Waals surface area contributed by atoms with E-state index in [4.69, 9.17) is 9.47 Å². The Bertz CT molecular complexity index is 971. The second-order valence-electron chi connectivity index (χ2n) is 8.51. The molecule has 2 aliphatic heterocycles. The van der Waals surface area contributed by atoms with E-state index < -0.39 is 0 Å². The third kappa shape index (κ3) is 6.47. The summed E-state index contributed by atoms with van der Waals surface area (Å²) in [6.45, 7) is 7.33. The van der Waals surface area contributed by atoms with Gasteiger partial charge in [0.1, 0.15) is 0 Å². The summed E-state index contributed by atoms with van der Waals surface area (Å²) >= 11 is 0. The third-order valence-corrected chi connectivity index (χ3v) is 6.16. The van der Waals surface area contributed by atoms with Crippen LogP contribution in [0.5, 0.6) is 11.5 Å². The van der Waals surface area contributed by atoms with Crippen molar-refractivity contribution < 1.29 is 19.4 Å². The zero-order valence-electron chi connectivity index (χ0n) is 19.7. The van der Waals surface area contributed by atoms with Gasteiger partial charge in [-0.15, -0.1) is 0 Å². The Kier molecular flexibility index (Phi) is 8.35. The summed E-state index contributed by atoms with van der Waals surface area (Å²) in [7, 11) is 1.53. The van der Waals surface area contributed by atoms with Gasteiger partial charge in [-0.05, 0) is 29.8 Å². The largest absolute Gasteiger partial charge is 0.504 e. The van der Waals surface area contributed by atoms with Crippen molar-refractivity contribution in [2.75, 3.05) is 71.0 Å². The van der Waals surface area contributed by atoms with Crippen LogP contribution in [0.25, 0.3) is 0 Å². The number of anilines is 1. The number of benzene rings is 2. The summed E-state index contributed by atoms with van der Waals surface area (Å²) < 4.78 is 10.7. The van der Waals surface area contributed by atoms with Crippen LogP contribution in [-0.4, -0.2) is 93.2 Å². The molecular weight excluding hydrogens is 434 g/mol. The van der Waals surface area contributed by atoms with Crippen LogP contribution in [0, 0.1) is 0 Å². The van der Waals surface area contributed by atoms with Crippen molar-refractivity contribution in [2.45, 2.75) is 6.54 Å². The molecule has 0 unspecified atom stereocenters. The van der Waals surface area contributed by atoms with Gasteiger partial charge in [-0.2, -0.15) is 5.10 Å². The van der Waals surface area contributed by atoms with Crippen molar-refractivity contribution >= 4 is 17.8 Å². The van der Waals surface area contributed by atoms with Crippen molar-refractivity contribution in [1.82, 2.24) is 15.2 Å². The Balaban J connectivity index is 1.34. The molecule has 0 aliphatic carbocycles. The third-order valence-electron chi connectivity index (χ3n) is 6.16. The fraction of sp³-hybridized carbons (Fsp3) is 0.440. The molecule has 2 heterocycles. The van der Waals surface area contributed by atoms with Crippen molar-refractivity contribution in [2.24, 2.45) is 5.10 Å². The zero-order valence-corrected chi connectivity index (χ0v) is 19.7. The average molecular weight is 468 g/mol. The molecule has 2 N–H and O–H groups in total. The van der Waals surface area contributed by atoms with Crippen LogP contribution in [0.1, 0.15) is 11.1 Å². The van der Waals surface area contributed by atoms with E-state index in [-0.39, 0.29) is 11.7 Å². The topological polar surface area (TPSA) is 89.9 Å². The van der Waals surface area contributed by atoms with Gasteiger partial charge in [0.25, 0.3) is 5.91 Å². The molecule has 2 saturated heterocycles. The minimum absolute atomic E-state index is 0.140. The summed E-state index contributed by atoms with van der Waals surface area (Å²) in [5, 5.41) is 14.8. The van der Waals surface area contributed by atoms with E-state index in [1.54, 1.807) is 12.3 Å². The lowest BCUT2D eigenvalue weighted by molar-refractivity contribution is -0.123. The van der Waals surface area contributed by atoms with Gasteiger partial charge in [0.05, 0.1) is 33.1 Å². The number of carbonyl (C=O) groups excluding carboxylic acids is 1. The molecule has 2 aromatic rings. The summed E-state index contributed by atoms with van der Waals surface area (Å²) in [6, 6.07) is 14.0. The van der Waals surface area contributed by atoms with Crippen LogP contribution in [0.3, 0.4) is 0 Å². The molecule has 34 heavy (non-hydrogen) atoms. The Labute approximate surface area is 200 Å². The van der Waals surface area contributed by atoms with E-state index in [1.807, 2.05) is 17.0 Å². The predicted octanol–water partition coefficient (Wildman–Crippen LogP) is 1.51. The molecule has 0 radical (unpaired) electrons. The molecule has 182 valence electrons. The number of ether oxygens (including phenoxy) is 2. The fourth-order valence-corrected chi connectivity index (χ4v) is 4.26. The van der Waals surface area contributed by atoms with Crippen LogP contribution in [-0.2, 0) is 16.1 Å². The molecular formula is C25H33N5O4. The molecule has 0 spiro atoms. The first-order chi connectivity index (χ1) is 16.6. The minimum Gasteiger partial charge on any atom is -0.504 e. The van der Waals surface area contributed by atoms with Crippen molar-refractivity contribution in [3.63, 3.8) is 0 Å². The molecule has 1 amide bonds. The number of piperazine rings is 1. The second-order valence-corrected chi connectivity index (χ2v) is 8.51. The summed E-state index contributed by atoms with van der Waals surface area (Å²) in [6.07, 6.45) is 1.58. The zero-order chi connectivity index (χ0) is 23.8. The van der Waals surface area contributed by atoms with Gasteiger partial charge in [-0.3, -0.25) is 14.6 Å². The lowest BCUT2D eigenvalue weighted by Gasteiger charge is -2.36. The Morgan fingerprint density at radius 3 is 2.53 bits per heavy atom. The predicted molar refractivity (Wildman–Crippen MR) is 132 cm³/mol. The minimum atomic E-state index is -0.166. The highest BCUT2D eigenvalue weighted by Gasteiger charge is 2.20. The summed E-state index contributed by atoms with van der Waals surface area (Å²) in [5.41, 5.74) is 5.34. The standard InChI is InChI=1S/C25H33N5O4/c1-33-23-16-20(17-26-27-24(31)19-29-11-13-34-14-12-29)15-21(25(23)32)18-28-7-9-30(10-8-28)22-5-3-2-4-6-22/h2-6,15-17,32H,7-14,18-19H2,1H3,(H,27,31). The number of morpholine rings is 1. The van der Waals surface area contributed by atoms with Crippen molar-refractivity contribution in [3.05, 3.63) is 53.6 Å². The first-order valence-electron chi connectivity index (χ1n) is 11.7. The van der Waals surface area contributed by atoms with E-state index in [2.05, 4.69) is 44.6 Å². The molecule has 2 aromatic carbocycles. The van der Waals surface area contributed by atoms with Crippen LogP contribution >= 0.6 is 0 Å². The SMILES string of the molecule is COc1cc(C=NNC(=O)CN2CCOCC2)cc(CN2CCN(c3ccccc3)CC2)c1O. The molecule has 9 heteroatoms. The van der Waals surface area contributed by atoms with Gasteiger partial charge in [0.15, 0.2) is 11.5 Å². The smallest absolute Gasteiger partial charge is 0.254 e. The average Bonchev–Trinajstić information content (AvgIpc) is 2.87. The molecule has 9 nitrogen and oxygen atoms in total. The number of nitrogens with zero attached hydrogens (tertiary/aromatic N) is 4. The van der Waals surface area contributed by atoms with Gasteiger partial charge in [0.2, 0.25) is 0 Å². The normalized spacial score (nSPS) is 17.7. The highest BCUT2D eigenvalue weighted by atomic mass is 16.5. The highest BCUT2D eigenvalue weighted by molar-refractivity contribution is 5.84. The van der Waals surface area contributed by atoms with Gasteiger partial charge in [-0.1, -0.05) is 18.2 Å². The number of carbonyl (C=O) groups is 1. The number of aromatic hydroxyl groups is 1. The number of nitrogens with one attached hydrogen (secondary N) is 1. The lowest BCUT2D eigenvalue weighted by Crippen LogP contribution is -2.45. The number of hydrogen-bond donors (Lipinski definition) is 2. The number of para-hydroxylation sites is 1. The van der Waals surface area contributed by atoms with E-state index in [9.17, 15) is 9.90 Å². The second kappa shape index (κ2) is 11.8. The fourth-order valence-electron chi connectivity index (χ4n) is 4.26. The molecule has 0 saturated carbocycles. The lowest BCUT2D eigenvalue weighted by atomic mass is 10.1. The molecule has 4 rings (SSSR count). The molecule has 2 fully saturated rings. The maximum Gasteiger partial charge on any atom is 0.254 e. The number of amides is 1. The number of hydrogen-bond acceptors (Lipinski definition) is 8. The number of hydrazone groups is 1. The maximum atomic E-state index is 12.2. The summed E-state index contributed by atoms with van der Waals surface area (Å²) in [5.74, 6) is 0.364. The number of methoxy groups -OCH3 is 1. The quantitative estimate of drug-likeness (QED) is 0.449. The summed E-state index contributed by atoms with van der Waals surface area (Å²) in [4.78, 5) is 18.9. The van der Waals surface area contributed by atoms with Crippen LogP contribution in [0.15, 0.2) is 47.6 Å². The monoisotopic (exact) mass is 467 g/mol. The molecule has 2 aliphatic rings.